The molecule has 1 amide bonds. The van der Waals surface area contributed by atoms with Crippen molar-refractivity contribution in [3.8, 4) is 0 Å². The summed E-state index contributed by atoms with van der Waals surface area (Å²) in [4.78, 5) is 17.8. The number of nitrogens with one attached hydrogen (secondary N) is 4. The molecule has 1 aliphatic carbocycles. The normalized spacial score (nSPS) is 14.7. The van der Waals surface area contributed by atoms with E-state index in [0.29, 0.717) is 24.0 Å². The van der Waals surface area contributed by atoms with Gasteiger partial charge in [-0.05, 0) is 30.4 Å². The molecule has 0 saturated heterocycles. The number of rotatable bonds is 7. The highest BCUT2D eigenvalue weighted by Crippen LogP contribution is 2.24. The minimum atomic E-state index is -0.397. The summed E-state index contributed by atoms with van der Waals surface area (Å²) in [6.07, 6.45) is 7.86. The first-order chi connectivity index (χ1) is 12.7. The SMILES string of the molecule is CNc1ncc(NC2CCCCC2)cc1C(=N)C(=O)NCc1cccs1. The maximum atomic E-state index is 12.4. The second-order valence-electron chi connectivity index (χ2n) is 6.49. The van der Waals surface area contributed by atoms with Crippen LogP contribution in [0, 0.1) is 5.41 Å². The Labute approximate surface area is 157 Å². The van der Waals surface area contributed by atoms with Crippen molar-refractivity contribution in [2.75, 3.05) is 17.7 Å². The van der Waals surface area contributed by atoms with Crippen LogP contribution in [0.3, 0.4) is 0 Å². The predicted molar refractivity (Wildman–Crippen MR) is 107 cm³/mol. The summed E-state index contributed by atoms with van der Waals surface area (Å²) in [6.45, 7) is 0.432. The van der Waals surface area contributed by atoms with Gasteiger partial charge in [-0.25, -0.2) is 4.98 Å². The van der Waals surface area contributed by atoms with Crippen molar-refractivity contribution in [3.63, 3.8) is 0 Å². The molecule has 0 bridgehead atoms. The second kappa shape index (κ2) is 8.80. The lowest BCUT2D eigenvalue weighted by Gasteiger charge is -2.24. The average Bonchev–Trinajstić information content (AvgIpc) is 3.20. The van der Waals surface area contributed by atoms with Gasteiger partial charge in [-0.1, -0.05) is 25.3 Å². The van der Waals surface area contributed by atoms with Gasteiger partial charge in [-0.3, -0.25) is 10.2 Å². The van der Waals surface area contributed by atoms with Crippen LogP contribution in [-0.2, 0) is 11.3 Å². The molecule has 1 saturated carbocycles. The summed E-state index contributed by atoms with van der Waals surface area (Å²) >= 11 is 1.58. The Bertz CT molecular complexity index is 753. The summed E-state index contributed by atoms with van der Waals surface area (Å²) in [5, 5.41) is 19.6. The maximum absolute atomic E-state index is 12.4. The van der Waals surface area contributed by atoms with Crippen LogP contribution in [0.1, 0.15) is 42.5 Å². The molecule has 3 rings (SSSR count). The van der Waals surface area contributed by atoms with E-state index < -0.39 is 5.91 Å². The lowest BCUT2D eigenvalue weighted by Crippen LogP contribution is -2.31. The third-order valence-corrected chi connectivity index (χ3v) is 5.48. The minimum absolute atomic E-state index is 0.0781. The Balaban J connectivity index is 1.70. The average molecular weight is 372 g/mol. The number of aromatic nitrogens is 1. The van der Waals surface area contributed by atoms with E-state index in [1.165, 1.54) is 19.3 Å². The van der Waals surface area contributed by atoms with Gasteiger partial charge in [0.2, 0.25) is 0 Å². The van der Waals surface area contributed by atoms with E-state index in [2.05, 4.69) is 20.9 Å². The molecule has 2 aromatic rings. The largest absolute Gasteiger partial charge is 0.381 e. The molecule has 2 heterocycles. The quantitative estimate of drug-likeness (QED) is 0.560. The van der Waals surface area contributed by atoms with Crippen molar-refractivity contribution in [2.24, 2.45) is 0 Å². The minimum Gasteiger partial charge on any atom is -0.381 e. The fourth-order valence-electron chi connectivity index (χ4n) is 3.21. The Hall–Kier alpha value is -2.41. The van der Waals surface area contributed by atoms with Crippen LogP contribution in [0.2, 0.25) is 0 Å². The zero-order chi connectivity index (χ0) is 18.4. The van der Waals surface area contributed by atoms with Crippen LogP contribution in [0.15, 0.2) is 29.8 Å². The van der Waals surface area contributed by atoms with Gasteiger partial charge in [-0.2, -0.15) is 0 Å². The molecular weight excluding hydrogens is 346 g/mol. The summed E-state index contributed by atoms with van der Waals surface area (Å²) < 4.78 is 0. The molecule has 1 aliphatic rings. The lowest BCUT2D eigenvalue weighted by molar-refractivity contribution is -0.114. The van der Waals surface area contributed by atoms with Crippen LogP contribution >= 0.6 is 11.3 Å². The number of anilines is 2. The van der Waals surface area contributed by atoms with Crippen LogP contribution in [0.25, 0.3) is 0 Å². The summed E-state index contributed by atoms with van der Waals surface area (Å²) in [7, 11) is 1.75. The van der Waals surface area contributed by atoms with Gasteiger partial charge in [-0.15, -0.1) is 11.3 Å². The number of carbonyl (C=O) groups excluding carboxylic acids is 1. The first-order valence-electron chi connectivity index (χ1n) is 9.01. The molecule has 2 aromatic heterocycles. The lowest BCUT2D eigenvalue weighted by atomic mass is 9.95. The highest BCUT2D eigenvalue weighted by molar-refractivity contribution is 7.09. The smallest absolute Gasteiger partial charge is 0.270 e. The molecule has 4 N–H and O–H groups in total. The Kier molecular flexibility index (Phi) is 6.22. The van der Waals surface area contributed by atoms with Crippen molar-refractivity contribution in [3.05, 3.63) is 40.2 Å². The molecule has 7 heteroatoms. The molecule has 0 radical (unpaired) electrons. The van der Waals surface area contributed by atoms with Gasteiger partial charge in [0.15, 0.2) is 0 Å². The Morgan fingerprint density at radius 3 is 2.85 bits per heavy atom. The molecule has 0 aliphatic heterocycles. The van der Waals surface area contributed by atoms with E-state index in [1.807, 2.05) is 23.6 Å². The molecule has 6 nitrogen and oxygen atoms in total. The van der Waals surface area contributed by atoms with Crippen molar-refractivity contribution < 1.29 is 4.79 Å². The third-order valence-electron chi connectivity index (χ3n) is 4.60. The number of carbonyl (C=O) groups is 1. The fraction of sp³-hybridized carbons (Fsp3) is 0.421. The first kappa shape index (κ1) is 18.4. The summed E-state index contributed by atoms with van der Waals surface area (Å²) in [6, 6.07) is 6.20. The molecule has 1 fully saturated rings. The van der Waals surface area contributed by atoms with E-state index >= 15 is 0 Å². The monoisotopic (exact) mass is 371 g/mol. The second-order valence-corrected chi connectivity index (χ2v) is 7.52. The van der Waals surface area contributed by atoms with Crippen LogP contribution in [0.4, 0.5) is 11.5 Å². The summed E-state index contributed by atoms with van der Waals surface area (Å²) in [5.41, 5.74) is 1.30. The molecule has 0 atom stereocenters. The van der Waals surface area contributed by atoms with Gasteiger partial charge in [0.1, 0.15) is 11.5 Å². The van der Waals surface area contributed by atoms with Gasteiger partial charge in [0, 0.05) is 23.5 Å². The topological polar surface area (TPSA) is 89.9 Å². The number of hydrogen-bond acceptors (Lipinski definition) is 6. The van der Waals surface area contributed by atoms with Crippen molar-refractivity contribution in [2.45, 2.75) is 44.7 Å². The molecule has 26 heavy (non-hydrogen) atoms. The standard InChI is InChI=1S/C19H25N5OS/c1-21-18-16(17(20)19(25)23-12-15-8-5-9-26-15)10-14(11-22-18)24-13-6-3-2-4-7-13/h5,8-11,13,20,24H,2-4,6-7,12H2,1H3,(H,21,22)(H,23,25). The summed E-state index contributed by atoms with van der Waals surface area (Å²) in [5.74, 6) is 0.141. The third kappa shape index (κ3) is 4.60. The van der Waals surface area contributed by atoms with E-state index in [-0.39, 0.29) is 5.71 Å². The number of pyridine rings is 1. The van der Waals surface area contributed by atoms with Crippen molar-refractivity contribution >= 4 is 34.5 Å². The zero-order valence-corrected chi connectivity index (χ0v) is 15.8. The van der Waals surface area contributed by atoms with Crippen molar-refractivity contribution in [1.29, 1.82) is 5.41 Å². The fourth-order valence-corrected chi connectivity index (χ4v) is 3.85. The van der Waals surface area contributed by atoms with Gasteiger partial charge in [0.25, 0.3) is 5.91 Å². The Morgan fingerprint density at radius 1 is 1.35 bits per heavy atom. The molecule has 138 valence electrons. The zero-order valence-electron chi connectivity index (χ0n) is 15.0. The van der Waals surface area contributed by atoms with E-state index in [1.54, 1.807) is 24.6 Å². The molecule has 0 aromatic carbocycles. The number of nitrogens with zero attached hydrogens (tertiary/aromatic N) is 1. The molecule has 0 unspecified atom stereocenters. The van der Waals surface area contributed by atoms with Gasteiger partial charge >= 0.3 is 0 Å². The Morgan fingerprint density at radius 2 is 2.15 bits per heavy atom. The van der Waals surface area contributed by atoms with E-state index in [4.69, 9.17) is 5.41 Å². The highest BCUT2D eigenvalue weighted by atomic mass is 32.1. The number of hydrogen-bond donors (Lipinski definition) is 4. The number of thiophene rings is 1. The van der Waals surface area contributed by atoms with E-state index in [9.17, 15) is 4.79 Å². The van der Waals surface area contributed by atoms with Gasteiger partial charge in [0.05, 0.1) is 18.4 Å². The molecule has 0 spiro atoms. The van der Waals surface area contributed by atoms with Crippen LogP contribution < -0.4 is 16.0 Å². The first-order valence-corrected chi connectivity index (χ1v) is 9.89. The van der Waals surface area contributed by atoms with Crippen LogP contribution in [0.5, 0.6) is 0 Å². The van der Waals surface area contributed by atoms with E-state index in [0.717, 1.165) is 23.4 Å². The highest BCUT2D eigenvalue weighted by Gasteiger charge is 2.19. The van der Waals surface area contributed by atoms with Crippen LogP contribution in [-0.4, -0.2) is 29.7 Å². The van der Waals surface area contributed by atoms with Crippen molar-refractivity contribution in [1.82, 2.24) is 10.3 Å². The number of amides is 1. The van der Waals surface area contributed by atoms with Gasteiger partial charge < -0.3 is 16.0 Å². The maximum Gasteiger partial charge on any atom is 0.270 e. The predicted octanol–water partition coefficient (Wildman–Crippen LogP) is 3.61. The molecular formula is C19H25N5OS.